The molecule has 10 nitrogen and oxygen atoms in total. The van der Waals surface area contributed by atoms with Crippen molar-refractivity contribution >= 4 is 28.3 Å². The van der Waals surface area contributed by atoms with E-state index in [2.05, 4.69) is 15.3 Å². The van der Waals surface area contributed by atoms with Gasteiger partial charge in [-0.15, -0.1) is 0 Å². The summed E-state index contributed by atoms with van der Waals surface area (Å²) in [7, 11) is 0. The fourth-order valence-corrected chi connectivity index (χ4v) is 3.35. The monoisotopic (exact) mass is 417 g/mol. The first-order valence-corrected chi connectivity index (χ1v) is 9.38. The van der Waals surface area contributed by atoms with E-state index in [1.54, 1.807) is 18.5 Å². The lowest BCUT2D eigenvalue weighted by atomic mass is 10.1. The molecule has 0 radical (unpaired) electrons. The highest BCUT2D eigenvalue weighted by Gasteiger charge is 2.26. The number of carbonyl (C=O) groups excluding carboxylic acids is 1. The quantitative estimate of drug-likeness (QED) is 0.399. The minimum atomic E-state index is -0.647. The molecule has 2 aromatic carbocycles. The zero-order valence-electron chi connectivity index (χ0n) is 16.0. The van der Waals surface area contributed by atoms with Crippen molar-refractivity contribution in [2.45, 2.75) is 0 Å². The van der Waals surface area contributed by atoms with Gasteiger partial charge in [0.25, 0.3) is 11.6 Å². The number of hydrogen-bond acceptors (Lipinski definition) is 7. The van der Waals surface area contributed by atoms with E-state index in [1.807, 2.05) is 28.8 Å². The summed E-state index contributed by atoms with van der Waals surface area (Å²) in [6.07, 6.45) is 3.15. The molecule has 0 saturated carbocycles. The molecule has 4 aromatic rings. The van der Waals surface area contributed by atoms with Crippen molar-refractivity contribution in [2.75, 3.05) is 18.5 Å². The molecule has 0 aliphatic carbocycles. The summed E-state index contributed by atoms with van der Waals surface area (Å²) in [6, 6.07) is 13.6. The molecule has 1 aliphatic heterocycles. The molecule has 0 spiro atoms. The van der Waals surface area contributed by atoms with Crippen LogP contribution in [0.25, 0.3) is 16.9 Å². The molecule has 1 amide bonds. The first-order valence-electron chi connectivity index (χ1n) is 9.38. The molecule has 0 bridgehead atoms. The summed E-state index contributed by atoms with van der Waals surface area (Å²) in [4.78, 5) is 32.3. The Morgan fingerprint density at radius 3 is 2.58 bits per heavy atom. The molecule has 10 heteroatoms. The van der Waals surface area contributed by atoms with Crippen LogP contribution in [0.2, 0.25) is 0 Å². The number of carbonyl (C=O) groups is 1. The number of nitrogens with one attached hydrogen (secondary N) is 1. The van der Waals surface area contributed by atoms with Crippen LogP contribution in [0.1, 0.15) is 10.4 Å². The van der Waals surface area contributed by atoms with E-state index in [0.717, 1.165) is 11.0 Å². The Balaban J connectivity index is 1.41. The third-order valence-electron chi connectivity index (χ3n) is 4.81. The minimum Gasteiger partial charge on any atom is -0.486 e. The maximum Gasteiger partial charge on any atom is 0.286 e. The average molecular weight is 417 g/mol. The predicted molar refractivity (Wildman–Crippen MR) is 111 cm³/mol. The maximum atomic E-state index is 12.8. The Labute approximate surface area is 175 Å². The number of imidazole rings is 1. The highest BCUT2D eigenvalue weighted by atomic mass is 16.6. The van der Waals surface area contributed by atoms with E-state index in [4.69, 9.17) is 9.47 Å². The van der Waals surface area contributed by atoms with Crippen LogP contribution in [0.15, 0.2) is 61.1 Å². The maximum absolute atomic E-state index is 12.8. The normalized spacial score (nSPS) is 12.5. The topological polar surface area (TPSA) is 121 Å². The van der Waals surface area contributed by atoms with Gasteiger partial charge in [-0.2, -0.15) is 0 Å². The van der Waals surface area contributed by atoms with Crippen molar-refractivity contribution in [3.05, 3.63) is 76.7 Å². The van der Waals surface area contributed by atoms with Gasteiger partial charge in [-0.05, 0) is 24.3 Å². The lowest BCUT2D eigenvalue weighted by Gasteiger charge is -2.18. The van der Waals surface area contributed by atoms with Gasteiger partial charge >= 0.3 is 0 Å². The second-order valence-corrected chi connectivity index (χ2v) is 6.73. The van der Waals surface area contributed by atoms with Crippen LogP contribution < -0.4 is 14.8 Å². The Kier molecular flexibility index (Phi) is 4.43. The van der Waals surface area contributed by atoms with Crippen molar-refractivity contribution < 1.29 is 19.2 Å². The number of nitro groups is 1. The third kappa shape index (κ3) is 3.39. The van der Waals surface area contributed by atoms with Crippen LogP contribution in [-0.4, -0.2) is 38.6 Å². The molecule has 154 valence electrons. The number of anilines is 1. The van der Waals surface area contributed by atoms with Crippen molar-refractivity contribution in [1.29, 1.82) is 0 Å². The van der Waals surface area contributed by atoms with Crippen molar-refractivity contribution in [3.8, 4) is 17.3 Å². The number of rotatable bonds is 4. The van der Waals surface area contributed by atoms with Crippen LogP contribution in [-0.2, 0) is 0 Å². The van der Waals surface area contributed by atoms with Crippen molar-refractivity contribution in [2.24, 2.45) is 0 Å². The molecule has 2 aromatic heterocycles. The summed E-state index contributed by atoms with van der Waals surface area (Å²) in [5.41, 5.74) is 1.64. The standard InChI is InChI=1S/C21H15N5O5/c27-21(14-9-18-19(31-8-7-30-18)10-17(14)26(28)29)24-13-5-6-20(22-11-13)25-12-23-15-3-1-2-4-16(15)25/h1-6,9-12H,7-8H2,(H,24,27). The van der Waals surface area contributed by atoms with Crippen LogP contribution in [0.4, 0.5) is 11.4 Å². The number of nitro benzene ring substituents is 1. The molecule has 31 heavy (non-hydrogen) atoms. The van der Waals surface area contributed by atoms with Gasteiger partial charge in [0.2, 0.25) is 0 Å². The van der Waals surface area contributed by atoms with E-state index >= 15 is 0 Å². The summed E-state index contributed by atoms with van der Waals surface area (Å²) in [6.45, 7) is 0.597. The first-order chi connectivity index (χ1) is 15.1. The number of nitrogens with zero attached hydrogens (tertiary/aromatic N) is 4. The second kappa shape index (κ2) is 7.41. The highest BCUT2D eigenvalue weighted by Crippen LogP contribution is 2.36. The summed E-state index contributed by atoms with van der Waals surface area (Å²) in [5, 5.41) is 14.1. The summed E-state index contributed by atoms with van der Waals surface area (Å²) >= 11 is 0. The van der Waals surface area contributed by atoms with E-state index in [9.17, 15) is 14.9 Å². The zero-order valence-corrected chi connectivity index (χ0v) is 16.0. The van der Waals surface area contributed by atoms with Gasteiger partial charge in [0.15, 0.2) is 11.5 Å². The number of amides is 1. The van der Waals surface area contributed by atoms with Gasteiger partial charge in [-0.25, -0.2) is 9.97 Å². The molecular weight excluding hydrogens is 402 g/mol. The fourth-order valence-electron chi connectivity index (χ4n) is 3.35. The molecule has 0 saturated heterocycles. The number of hydrogen-bond donors (Lipinski definition) is 1. The number of pyridine rings is 1. The van der Waals surface area contributed by atoms with E-state index in [1.165, 1.54) is 18.3 Å². The number of ether oxygens (including phenoxy) is 2. The molecule has 0 fully saturated rings. The van der Waals surface area contributed by atoms with Crippen molar-refractivity contribution in [1.82, 2.24) is 14.5 Å². The minimum absolute atomic E-state index is 0.126. The van der Waals surface area contributed by atoms with Gasteiger partial charge in [-0.3, -0.25) is 19.5 Å². The van der Waals surface area contributed by atoms with Crippen molar-refractivity contribution in [3.63, 3.8) is 0 Å². The van der Waals surface area contributed by atoms with Gasteiger partial charge in [-0.1, -0.05) is 12.1 Å². The number of para-hydroxylation sites is 2. The predicted octanol–water partition coefficient (Wildman–Crippen LogP) is 3.35. The Morgan fingerprint density at radius 2 is 1.84 bits per heavy atom. The highest BCUT2D eigenvalue weighted by molar-refractivity contribution is 6.07. The molecule has 1 aliphatic rings. The summed E-state index contributed by atoms with van der Waals surface area (Å²) < 4.78 is 12.6. The van der Waals surface area contributed by atoms with E-state index in [-0.39, 0.29) is 17.0 Å². The lowest BCUT2D eigenvalue weighted by molar-refractivity contribution is -0.385. The zero-order chi connectivity index (χ0) is 21.4. The third-order valence-corrected chi connectivity index (χ3v) is 4.81. The number of aromatic nitrogens is 3. The van der Waals surface area contributed by atoms with Crippen LogP contribution in [0.3, 0.4) is 0 Å². The van der Waals surface area contributed by atoms with Gasteiger partial charge in [0.05, 0.1) is 33.9 Å². The van der Waals surface area contributed by atoms with Gasteiger partial charge in [0, 0.05) is 6.07 Å². The molecule has 0 atom stereocenters. The number of fused-ring (bicyclic) bond motifs is 2. The Hall–Kier alpha value is -4.47. The largest absolute Gasteiger partial charge is 0.486 e. The molecule has 0 unspecified atom stereocenters. The first kappa shape index (κ1) is 18.6. The molecule has 3 heterocycles. The fraction of sp³-hybridized carbons (Fsp3) is 0.0952. The van der Waals surface area contributed by atoms with Gasteiger partial charge < -0.3 is 14.8 Å². The van der Waals surface area contributed by atoms with Gasteiger partial charge in [0.1, 0.15) is 30.9 Å². The van der Waals surface area contributed by atoms with E-state index < -0.39 is 10.8 Å². The average Bonchev–Trinajstić information content (AvgIpc) is 3.23. The van der Waals surface area contributed by atoms with Crippen LogP contribution in [0, 0.1) is 10.1 Å². The van der Waals surface area contributed by atoms with E-state index in [0.29, 0.717) is 30.5 Å². The second-order valence-electron chi connectivity index (χ2n) is 6.73. The smallest absolute Gasteiger partial charge is 0.286 e. The summed E-state index contributed by atoms with van der Waals surface area (Å²) in [5.74, 6) is 0.513. The molecular formula is C21H15N5O5. The Morgan fingerprint density at radius 1 is 1.06 bits per heavy atom. The molecule has 5 rings (SSSR count). The molecule has 1 N–H and O–H groups in total. The number of benzene rings is 2. The SMILES string of the molecule is O=C(Nc1ccc(-n2cnc3ccccc32)nc1)c1cc2c(cc1[N+](=O)[O-])OCCO2. The lowest BCUT2D eigenvalue weighted by Crippen LogP contribution is -2.18. The van der Waals surface area contributed by atoms with Crippen LogP contribution >= 0.6 is 0 Å². The van der Waals surface area contributed by atoms with Crippen LogP contribution in [0.5, 0.6) is 11.5 Å². The Bertz CT molecular complexity index is 1320.